The topological polar surface area (TPSA) is 59.1 Å². The number of rotatable bonds is 7. The molecule has 1 unspecified atom stereocenters. The smallest absolute Gasteiger partial charge is 0.124 e. The van der Waals surface area contributed by atoms with Crippen molar-refractivity contribution in [2.24, 2.45) is 5.73 Å². The van der Waals surface area contributed by atoms with Gasteiger partial charge in [-0.25, -0.2) is 4.98 Å². The van der Waals surface area contributed by atoms with E-state index in [4.69, 9.17) is 5.73 Å². The molecule has 0 amide bonds. The standard InChI is InChI=1S/C24H24N2OS/c25-20(13-11-17-7-3-1-4-8-17)23(27)24-26-21-16-19(12-14-22(21)28-24)15-18-9-5-2-6-10-18/h1-10,12,14,16,20,23,27H,11,13,15,25H2/t20-,23?/m1/s1. The molecule has 0 saturated heterocycles. The molecular weight excluding hydrogens is 364 g/mol. The van der Waals surface area contributed by atoms with Crippen molar-refractivity contribution in [1.82, 2.24) is 4.98 Å². The van der Waals surface area contributed by atoms with Crippen molar-refractivity contribution in [3.05, 3.63) is 101 Å². The van der Waals surface area contributed by atoms with E-state index in [1.165, 1.54) is 28.0 Å². The van der Waals surface area contributed by atoms with E-state index in [9.17, 15) is 5.11 Å². The molecule has 0 aliphatic rings. The molecule has 0 spiro atoms. The van der Waals surface area contributed by atoms with Crippen LogP contribution in [0, 0.1) is 0 Å². The monoisotopic (exact) mass is 388 g/mol. The number of benzene rings is 3. The number of hydrogen-bond donors (Lipinski definition) is 2. The van der Waals surface area contributed by atoms with Gasteiger partial charge in [0.25, 0.3) is 0 Å². The molecule has 3 nitrogen and oxygen atoms in total. The van der Waals surface area contributed by atoms with Crippen LogP contribution in [0.15, 0.2) is 78.9 Å². The second kappa shape index (κ2) is 8.65. The van der Waals surface area contributed by atoms with Gasteiger partial charge >= 0.3 is 0 Å². The number of nitrogens with two attached hydrogens (primary N) is 1. The van der Waals surface area contributed by atoms with Crippen LogP contribution in [0.3, 0.4) is 0 Å². The lowest BCUT2D eigenvalue weighted by Gasteiger charge is -2.16. The van der Waals surface area contributed by atoms with Crippen molar-refractivity contribution >= 4 is 21.6 Å². The normalized spacial score (nSPS) is 13.5. The van der Waals surface area contributed by atoms with Gasteiger partial charge in [-0.3, -0.25) is 0 Å². The number of hydrogen-bond acceptors (Lipinski definition) is 4. The Morgan fingerprint density at radius 1 is 0.857 bits per heavy atom. The van der Waals surface area contributed by atoms with E-state index >= 15 is 0 Å². The molecule has 4 heteroatoms. The lowest BCUT2D eigenvalue weighted by Crippen LogP contribution is -2.28. The Bertz CT molecular complexity index is 1030. The Morgan fingerprint density at radius 2 is 1.54 bits per heavy atom. The molecule has 1 heterocycles. The van der Waals surface area contributed by atoms with E-state index in [1.54, 1.807) is 0 Å². The Hall–Kier alpha value is -2.53. The summed E-state index contributed by atoms with van der Waals surface area (Å²) in [7, 11) is 0. The SMILES string of the molecule is N[C@H](CCc1ccccc1)C(O)c1nc2cc(Cc3ccccc3)ccc2s1. The van der Waals surface area contributed by atoms with Crippen LogP contribution < -0.4 is 5.73 Å². The zero-order chi connectivity index (χ0) is 19.3. The summed E-state index contributed by atoms with van der Waals surface area (Å²) in [5.74, 6) is 0. The van der Waals surface area contributed by atoms with Crippen molar-refractivity contribution in [1.29, 1.82) is 0 Å². The fourth-order valence-corrected chi connectivity index (χ4v) is 4.39. The van der Waals surface area contributed by atoms with E-state index in [-0.39, 0.29) is 6.04 Å². The van der Waals surface area contributed by atoms with Crippen molar-refractivity contribution < 1.29 is 5.11 Å². The summed E-state index contributed by atoms with van der Waals surface area (Å²) in [4.78, 5) is 4.68. The lowest BCUT2D eigenvalue weighted by atomic mass is 10.0. The van der Waals surface area contributed by atoms with Crippen LogP contribution in [0.2, 0.25) is 0 Å². The van der Waals surface area contributed by atoms with Crippen molar-refractivity contribution in [2.75, 3.05) is 0 Å². The number of thiazole rings is 1. The van der Waals surface area contributed by atoms with E-state index in [1.807, 2.05) is 24.3 Å². The molecule has 3 aromatic carbocycles. The van der Waals surface area contributed by atoms with Crippen molar-refractivity contribution in [3.8, 4) is 0 Å². The molecule has 0 saturated carbocycles. The fourth-order valence-electron chi connectivity index (χ4n) is 3.38. The van der Waals surface area contributed by atoms with Gasteiger partial charge in [-0.2, -0.15) is 0 Å². The maximum atomic E-state index is 10.7. The van der Waals surface area contributed by atoms with Crippen LogP contribution in [0.5, 0.6) is 0 Å². The predicted molar refractivity (Wildman–Crippen MR) is 117 cm³/mol. The van der Waals surface area contributed by atoms with Crippen LogP contribution in [-0.4, -0.2) is 16.1 Å². The second-order valence-electron chi connectivity index (χ2n) is 7.15. The molecular formula is C24H24N2OS. The van der Waals surface area contributed by atoms with E-state index in [2.05, 4.69) is 59.6 Å². The van der Waals surface area contributed by atoms with Crippen LogP contribution in [0.1, 0.15) is 34.2 Å². The fraction of sp³-hybridized carbons (Fsp3) is 0.208. The molecule has 142 valence electrons. The molecule has 4 rings (SSSR count). The first-order valence-corrected chi connectivity index (χ1v) is 10.4. The van der Waals surface area contributed by atoms with Crippen LogP contribution in [-0.2, 0) is 12.8 Å². The third-order valence-corrected chi connectivity index (χ3v) is 6.09. The third kappa shape index (κ3) is 4.47. The quantitative estimate of drug-likeness (QED) is 0.474. The number of aryl methyl sites for hydroxylation is 1. The van der Waals surface area contributed by atoms with Gasteiger partial charge < -0.3 is 10.8 Å². The van der Waals surface area contributed by atoms with Gasteiger partial charge in [-0.15, -0.1) is 11.3 Å². The molecule has 0 aliphatic heterocycles. The average Bonchev–Trinajstić information content (AvgIpc) is 3.16. The number of nitrogens with zero attached hydrogens (tertiary/aromatic N) is 1. The van der Waals surface area contributed by atoms with Crippen LogP contribution >= 0.6 is 11.3 Å². The molecule has 0 aliphatic carbocycles. The lowest BCUT2D eigenvalue weighted by molar-refractivity contribution is 0.142. The Kier molecular flexibility index (Phi) is 5.81. The highest BCUT2D eigenvalue weighted by Gasteiger charge is 2.21. The van der Waals surface area contributed by atoms with Gasteiger partial charge in [0.15, 0.2) is 0 Å². The number of aliphatic hydroxyl groups excluding tert-OH is 1. The van der Waals surface area contributed by atoms with Gasteiger partial charge in [0.2, 0.25) is 0 Å². The molecule has 4 aromatic rings. The summed E-state index contributed by atoms with van der Waals surface area (Å²) in [6.45, 7) is 0. The van der Waals surface area contributed by atoms with Gasteiger partial charge in [0.1, 0.15) is 11.1 Å². The zero-order valence-corrected chi connectivity index (χ0v) is 16.5. The number of fused-ring (bicyclic) bond motifs is 1. The first-order valence-electron chi connectivity index (χ1n) is 9.60. The Balaban J connectivity index is 1.45. The molecule has 1 aromatic heterocycles. The Morgan fingerprint density at radius 3 is 2.25 bits per heavy atom. The molecule has 2 atom stereocenters. The van der Waals surface area contributed by atoms with Crippen molar-refractivity contribution in [2.45, 2.75) is 31.4 Å². The first kappa shape index (κ1) is 18.8. The van der Waals surface area contributed by atoms with Gasteiger partial charge in [0.05, 0.1) is 10.2 Å². The van der Waals surface area contributed by atoms with Gasteiger partial charge in [0, 0.05) is 6.04 Å². The molecule has 3 N–H and O–H groups in total. The molecule has 0 radical (unpaired) electrons. The highest BCUT2D eigenvalue weighted by Crippen LogP contribution is 2.29. The van der Waals surface area contributed by atoms with Gasteiger partial charge in [-0.05, 0) is 48.1 Å². The molecule has 0 fully saturated rings. The summed E-state index contributed by atoms with van der Waals surface area (Å²) < 4.78 is 1.08. The van der Waals surface area contributed by atoms with E-state index in [0.717, 1.165) is 29.5 Å². The summed E-state index contributed by atoms with van der Waals surface area (Å²) in [5, 5.41) is 11.4. The van der Waals surface area contributed by atoms with E-state index in [0.29, 0.717) is 5.01 Å². The zero-order valence-electron chi connectivity index (χ0n) is 15.7. The van der Waals surface area contributed by atoms with E-state index < -0.39 is 6.10 Å². The minimum absolute atomic E-state index is 0.329. The van der Waals surface area contributed by atoms with Gasteiger partial charge in [-0.1, -0.05) is 66.7 Å². The predicted octanol–water partition coefficient (Wildman–Crippen LogP) is 4.88. The largest absolute Gasteiger partial charge is 0.384 e. The summed E-state index contributed by atoms with van der Waals surface area (Å²) >= 11 is 1.53. The van der Waals surface area contributed by atoms with Crippen LogP contribution in [0.25, 0.3) is 10.2 Å². The number of aliphatic hydroxyl groups is 1. The van der Waals surface area contributed by atoms with Crippen LogP contribution in [0.4, 0.5) is 0 Å². The maximum absolute atomic E-state index is 10.7. The first-order chi connectivity index (χ1) is 13.7. The average molecular weight is 389 g/mol. The molecule has 28 heavy (non-hydrogen) atoms. The molecule has 0 bridgehead atoms. The maximum Gasteiger partial charge on any atom is 0.124 e. The summed E-state index contributed by atoms with van der Waals surface area (Å²) in [5.41, 5.74) is 10.9. The van der Waals surface area contributed by atoms with Crippen molar-refractivity contribution in [3.63, 3.8) is 0 Å². The highest BCUT2D eigenvalue weighted by molar-refractivity contribution is 7.18. The minimum Gasteiger partial charge on any atom is -0.384 e. The third-order valence-electron chi connectivity index (χ3n) is 4.99. The Labute approximate surface area is 169 Å². The summed E-state index contributed by atoms with van der Waals surface area (Å²) in [6, 6.07) is 26.7. The minimum atomic E-state index is -0.737. The number of aromatic nitrogens is 1. The second-order valence-corrected chi connectivity index (χ2v) is 8.21. The summed E-state index contributed by atoms with van der Waals surface area (Å²) in [6.07, 6.45) is 1.72. The highest BCUT2D eigenvalue weighted by atomic mass is 32.1.